The number of aromatic amines is 1. The van der Waals surface area contributed by atoms with Crippen molar-refractivity contribution in [1.82, 2.24) is 15.2 Å². The van der Waals surface area contributed by atoms with Crippen LogP contribution in [0.3, 0.4) is 0 Å². The van der Waals surface area contributed by atoms with Gasteiger partial charge in [-0.15, -0.1) is 0 Å². The van der Waals surface area contributed by atoms with E-state index in [-0.39, 0.29) is 0 Å². The molecule has 3 aromatic rings. The molecule has 3 N–H and O–H groups in total. The quantitative estimate of drug-likeness (QED) is 0.650. The van der Waals surface area contributed by atoms with Gasteiger partial charge in [0.05, 0.1) is 11.8 Å². The average molecular weight is 214 g/mol. The Hall–Kier alpha value is -2.30. The fourth-order valence-corrected chi connectivity index (χ4v) is 1.67. The van der Waals surface area contributed by atoms with Gasteiger partial charge in [0.2, 0.25) is 5.89 Å². The summed E-state index contributed by atoms with van der Waals surface area (Å²) in [7, 11) is 0. The van der Waals surface area contributed by atoms with Crippen molar-refractivity contribution in [2.75, 3.05) is 5.73 Å². The lowest BCUT2D eigenvalue weighted by atomic mass is 10.2. The number of hydrogen-bond acceptors (Lipinski definition) is 4. The molecule has 0 aliphatic rings. The zero-order chi connectivity index (χ0) is 11.1. The van der Waals surface area contributed by atoms with Gasteiger partial charge < -0.3 is 10.2 Å². The van der Waals surface area contributed by atoms with Crippen molar-refractivity contribution in [2.24, 2.45) is 0 Å². The Balaban J connectivity index is 2.27. The smallest absolute Gasteiger partial charge is 0.232 e. The van der Waals surface area contributed by atoms with Gasteiger partial charge in [0.25, 0.3) is 0 Å². The first-order chi connectivity index (χ1) is 7.75. The van der Waals surface area contributed by atoms with E-state index in [1.807, 2.05) is 25.1 Å². The van der Waals surface area contributed by atoms with Crippen LogP contribution in [0.4, 0.5) is 5.82 Å². The summed E-state index contributed by atoms with van der Waals surface area (Å²) in [5.41, 5.74) is 9.08. The topological polar surface area (TPSA) is 80.7 Å². The zero-order valence-electron chi connectivity index (χ0n) is 8.69. The van der Waals surface area contributed by atoms with E-state index in [9.17, 15) is 0 Å². The van der Waals surface area contributed by atoms with Crippen LogP contribution in [0.2, 0.25) is 0 Å². The van der Waals surface area contributed by atoms with Crippen molar-refractivity contribution in [1.29, 1.82) is 0 Å². The molecule has 1 aromatic carbocycles. The monoisotopic (exact) mass is 214 g/mol. The van der Waals surface area contributed by atoms with Crippen molar-refractivity contribution >= 4 is 16.9 Å². The van der Waals surface area contributed by atoms with Crippen LogP contribution in [0, 0.1) is 6.92 Å². The van der Waals surface area contributed by atoms with Gasteiger partial charge in [-0.3, -0.25) is 5.10 Å². The molecule has 0 radical (unpaired) electrons. The van der Waals surface area contributed by atoms with Crippen LogP contribution in [0.1, 0.15) is 5.56 Å². The van der Waals surface area contributed by atoms with E-state index >= 15 is 0 Å². The number of aromatic nitrogens is 3. The summed E-state index contributed by atoms with van der Waals surface area (Å²) in [6.07, 6.45) is 1.61. The number of nitrogens with one attached hydrogen (secondary N) is 1. The molecule has 0 fully saturated rings. The maximum absolute atomic E-state index is 5.71. The second-order valence-electron chi connectivity index (χ2n) is 3.64. The molecular formula is C11H10N4O. The molecule has 2 aromatic heterocycles. The SMILES string of the molecule is Cc1cccc2nc(-c3cn[nH]c3N)oc12. The molecule has 0 aliphatic carbocycles. The zero-order valence-corrected chi connectivity index (χ0v) is 8.69. The number of fused-ring (bicyclic) bond motifs is 1. The first-order valence-corrected chi connectivity index (χ1v) is 4.91. The number of nitrogens with zero attached hydrogens (tertiary/aromatic N) is 2. The maximum atomic E-state index is 5.71. The average Bonchev–Trinajstić information content (AvgIpc) is 2.84. The summed E-state index contributed by atoms with van der Waals surface area (Å²) < 4.78 is 5.67. The van der Waals surface area contributed by atoms with E-state index in [0.29, 0.717) is 17.3 Å². The van der Waals surface area contributed by atoms with Crippen LogP contribution in [0.5, 0.6) is 0 Å². The molecule has 0 bridgehead atoms. The minimum Gasteiger partial charge on any atom is -0.436 e. The Morgan fingerprint density at radius 3 is 2.94 bits per heavy atom. The first kappa shape index (κ1) is 8.96. The van der Waals surface area contributed by atoms with Crippen LogP contribution < -0.4 is 5.73 Å². The van der Waals surface area contributed by atoms with Crippen molar-refractivity contribution in [3.05, 3.63) is 30.0 Å². The largest absolute Gasteiger partial charge is 0.436 e. The molecule has 0 atom stereocenters. The molecule has 0 amide bonds. The lowest BCUT2D eigenvalue weighted by Crippen LogP contribution is -1.87. The summed E-state index contributed by atoms with van der Waals surface area (Å²) in [6.45, 7) is 1.98. The summed E-state index contributed by atoms with van der Waals surface area (Å²) >= 11 is 0. The number of H-pyrrole nitrogens is 1. The number of oxazole rings is 1. The van der Waals surface area contributed by atoms with Crippen LogP contribution >= 0.6 is 0 Å². The minimum atomic E-state index is 0.462. The minimum absolute atomic E-state index is 0.462. The molecule has 0 saturated carbocycles. The molecule has 16 heavy (non-hydrogen) atoms. The van der Waals surface area contributed by atoms with Gasteiger partial charge in [0, 0.05) is 0 Å². The van der Waals surface area contributed by atoms with Gasteiger partial charge in [-0.1, -0.05) is 12.1 Å². The standard InChI is InChI=1S/C11H10N4O/c1-6-3-2-4-8-9(6)16-11(14-8)7-5-13-15-10(7)12/h2-5H,1H3,(H3,12,13,15). The van der Waals surface area contributed by atoms with Gasteiger partial charge in [0.1, 0.15) is 11.3 Å². The lowest BCUT2D eigenvalue weighted by molar-refractivity contribution is 0.618. The fraction of sp³-hybridized carbons (Fsp3) is 0.0909. The molecule has 5 heteroatoms. The van der Waals surface area contributed by atoms with Crippen molar-refractivity contribution < 1.29 is 4.42 Å². The van der Waals surface area contributed by atoms with Crippen molar-refractivity contribution in [3.8, 4) is 11.5 Å². The number of rotatable bonds is 1. The summed E-state index contributed by atoms with van der Waals surface area (Å²) in [5, 5.41) is 6.49. The molecular weight excluding hydrogens is 204 g/mol. The highest BCUT2D eigenvalue weighted by molar-refractivity contribution is 5.80. The Morgan fingerprint density at radius 1 is 1.38 bits per heavy atom. The highest BCUT2D eigenvalue weighted by Gasteiger charge is 2.13. The summed E-state index contributed by atoms with van der Waals surface area (Å²) in [5.74, 6) is 0.958. The molecule has 0 aliphatic heterocycles. The predicted molar refractivity (Wildman–Crippen MR) is 60.7 cm³/mol. The van der Waals surface area contributed by atoms with Crippen molar-refractivity contribution in [3.63, 3.8) is 0 Å². The fourth-order valence-electron chi connectivity index (χ4n) is 1.67. The third kappa shape index (κ3) is 1.18. The number of hydrogen-bond donors (Lipinski definition) is 2. The Labute approximate surface area is 91.3 Å². The Kier molecular flexibility index (Phi) is 1.73. The van der Waals surface area contributed by atoms with Crippen LogP contribution in [0.25, 0.3) is 22.6 Å². The number of aryl methyl sites for hydroxylation is 1. The second kappa shape index (κ2) is 3.10. The molecule has 2 heterocycles. The third-order valence-electron chi connectivity index (χ3n) is 2.51. The number of para-hydroxylation sites is 1. The predicted octanol–water partition coefficient (Wildman–Crippen LogP) is 2.11. The maximum Gasteiger partial charge on any atom is 0.232 e. The first-order valence-electron chi connectivity index (χ1n) is 4.91. The van der Waals surface area contributed by atoms with E-state index < -0.39 is 0 Å². The highest BCUT2D eigenvalue weighted by atomic mass is 16.3. The van der Waals surface area contributed by atoms with Gasteiger partial charge in [0.15, 0.2) is 5.58 Å². The number of nitrogen functional groups attached to an aromatic ring is 1. The molecule has 0 spiro atoms. The summed E-state index contributed by atoms with van der Waals surface area (Å²) in [6, 6.07) is 5.84. The van der Waals surface area contributed by atoms with E-state index in [1.54, 1.807) is 6.20 Å². The molecule has 5 nitrogen and oxygen atoms in total. The van der Waals surface area contributed by atoms with E-state index in [2.05, 4.69) is 15.2 Å². The Bertz CT molecular complexity index is 653. The van der Waals surface area contributed by atoms with Gasteiger partial charge in [-0.25, -0.2) is 4.98 Å². The van der Waals surface area contributed by atoms with E-state index in [0.717, 1.165) is 16.7 Å². The molecule has 80 valence electrons. The van der Waals surface area contributed by atoms with E-state index in [4.69, 9.17) is 10.2 Å². The van der Waals surface area contributed by atoms with Crippen LogP contribution in [-0.4, -0.2) is 15.2 Å². The molecule has 0 saturated heterocycles. The second-order valence-corrected chi connectivity index (χ2v) is 3.64. The van der Waals surface area contributed by atoms with Crippen molar-refractivity contribution in [2.45, 2.75) is 6.92 Å². The van der Waals surface area contributed by atoms with Crippen LogP contribution in [-0.2, 0) is 0 Å². The molecule has 3 rings (SSSR count). The molecule has 0 unspecified atom stereocenters. The number of anilines is 1. The Morgan fingerprint density at radius 2 is 2.25 bits per heavy atom. The normalized spacial score (nSPS) is 11.1. The van der Waals surface area contributed by atoms with Crippen LogP contribution in [0.15, 0.2) is 28.8 Å². The third-order valence-corrected chi connectivity index (χ3v) is 2.51. The van der Waals surface area contributed by atoms with Gasteiger partial charge in [-0.2, -0.15) is 5.10 Å². The summed E-state index contributed by atoms with van der Waals surface area (Å²) in [4.78, 5) is 4.37. The number of nitrogens with two attached hydrogens (primary N) is 1. The lowest BCUT2D eigenvalue weighted by Gasteiger charge is -1.91. The van der Waals surface area contributed by atoms with E-state index in [1.165, 1.54) is 0 Å². The van der Waals surface area contributed by atoms with Gasteiger partial charge >= 0.3 is 0 Å². The highest BCUT2D eigenvalue weighted by Crippen LogP contribution is 2.28. The number of benzene rings is 1. The van der Waals surface area contributed by atoms with Gasteiger partial charge in [-0.05, 0) is 18.6 Å².